The Labute approximate surface area is 165 Å². The third kappa shape index (κ3) is 5.33. The normalized spacial score (nSPS) is 11.6. The quantitative estimate of drug-likeness (QED) is 0.609. The van der Waals surface area contributed by atoms with E-state index in [9.17, 15) is 4.79 Å². The predicted molar refractivity (Wildman–Crippen MR) is 107 cm³/mol. The largest absolute Gasteiger partial charge is 0.494 e. The summed E-state index contributed by atoms with van der Waals surface area (Å²) in [5.74, 6) is 0.845. The molecule has 7 heteroatoms. The number of hydrogen-bond donors (Lipinski definition) is 1. The van der Waals surface area contributed by atoms with Gasteiger partial charge in [-0.05, 0) is 43.2 Å². The van der Waals surface area contributed by atoms with E-state index in [4.69, 9.17) is 4.74 Å². The average Bonchev–Trinajstić information content (AvgIpc) is 3.27. The second kappa shape index (κ2) is 9.55. The first-order valence-corrected chi connectivity index (χ1v) is 9.28. The van der Waals surface area contributed by atoms with Crippen LogP contribution in [0, 0.1) is 0 Å². The predicted octanol–water partition coefficient (Wildman–Crippen LogP) is 3.44. The van der Waals surface area contributed by atoms with Crippen molar-refractivity contribution in [2.75, 3.05) is 20.2 Å². The first kappa shape index (κ1) is 19.4. The molecule has 3 rings (SSSR count). The summed E-state index contributed by atoms with van der Waals surface area (Å²) < 4.78 is 7.35. The van der Waals surface area contributed by atoms with E-state index in [0.717, 1.165) is 23.4 Å². The van der Waals surface area contributed by atoms with E-state index in [1.54, 1.807) is 23.0 Å². The Balaban J connectivity index is 1.42. The van der Waals surface area contributed by atoms with Crippen molar-refractivity contribution < 1.29 is 9.53 Å². The number of ether oxygens (including phenoxy) is 1. The minimum atomic E-state index is -0.104. The lowest BCUT2D eigenvalue weighted by Crippen LogP contribution is -2.39. The molecular formula is C21H25N5O2. The number of urea groups is 1. The number of para-hydroxylation sites is 1. The molecule has 0 fully saturated rings. The molecule has 1 unspecified atom stereocenters. The van der Waals surface area contributed by atoms with E-state index >= 15 is 0 Å². The van der Waals surface area contributed by atoms with Gasteiger partial charge in [0.2, 0.25) is 0 Å². The summed E-state index contributed by atoms with van der Waals surface area (Å²) in [6, 6.07) is 17.4. The van der Waals surface area contributed by atoms with Crippen LogP contribution in [0.4, 0.5) is 4.79 Å². The Hall–Kier alpha value is -3.35. The Bertz CT molecular complexity index is 850. The molecule has 0 saturated carbocycles. The van der Waals surface area contributed by atoms with Gasteiger partial charge in [0, 0.05) is 13.6 Å². The lowest BCUT2D eigenvalue weighted by atomic mass is 10.1. The number of benzene rings is 2. The molecule has 2 aromatic carbocycles. The molecule has 28 heavy (non-hydrogen) atoms. The van der Waals surface area contributed by atoms with Gasteiger partial charge in [-0.1, -0.05) is 30.3 Å². The molecule has 2 amide bonds. The van der Waals surface area contributed by atoms with E-state index in [1.165, 1.54) is 6.33 Å². The van der Waals surface area contributed by atoms with Gasteiger partial charge in [-0.3, -0.25) is 0 Å². The van der Waals surface area contributed by atoms with E-state index in [-0.39, 0.29) is 12.1 Å². The molecule has 0 aliphatic heterocycles. The van der Waals surface area contributed by atoms with Gasteiger partial charge in [0.05, 0.1) is 18.3 Å². The Morgan fingerprint density at radius 1 is 1.18 bits per heavy atom. The van der Waals surface area contributed by atoms with Crippen molar-refractivity contribution in [1.82, 2.24) is 25.0 Å². The molecule has 0 aliphatic carbocycles. The van der Waals surface area contributed by atoms with Gasteiger partial charge in [-0.15, -0.1) is 0 Å². The molecule has 1 aromatic heterocycles. The monoisotopic (exact) mass is 379 g/mol. The summed E-state index contributed by atoms with van der Waals surface area (Å²) in [7, 11) is 1.79. The summed E-state index contributed by atoms with van der Waals surface area (Å²) >= 11 is 0. The van der Waals surface area contributed by atoms with Crippen LogP contribution in [0.3, 0.4) is 0 Å². The van der Waals surface area contributed by atoms with Crippen LogP contribution >= 0.6 is 0 Å². The molecule has 7 nitrogen and oxygen atoms in total. The summed E-state index contributed by atoms with van der Waals surface area (Å²) in [4.78, 5) is 18.0. The van der Waals surface area contributed by atoms with Crippen molar-refractivity contribution in [3.63, 3.8) is 0 Å². The van der Waals surface area contributed by atoms with Crippen LogP contribution in [0.2, 0.25) is 0 Å². The van der Waals surface area contributed by atoms with E-state index in [0.29, 0.717) is 13.2 Å². The number of hydrogen-bond acceptors (Lipinski definition) is 4. The summed E-state index contributed by atoms with van der Waals surface area (Å²) in [5.41, 5.74) is 1.95. The maximum absolute atomic E-state index is 12.4. The van der Waals surface area contributed by atoms with Crippen LogP contribution in [0.5, 0.6) is 5.75 Å². The molecule has 1 atom stereocenters. The maximum atomic E-state index is 12.4. The van der Waals surface area contributed by atoms with Crippen LogP contribution < -0.4 is 10.1 Å². The number of rotatable bonds is 8. The molecule has 146 valence electrons. The molecular weight excluding hydrogens is 354 g/mol. The fourth-order valence-corrected chi connectivity index (χ4v) is 2.75. The zero-order valence-corrected chi connectivity index (χ0v) is 16.2. The van der Waals surface area contributed by atoms with Crippen molar-refractivity contribution in [1.29, 1.82) is 0 Å². The molecule has 0 saturated heterocycles. The first-order chi connectivity index (χ1) is 13.6. The lowest BCUT2D eigenvalue weighted by Gasteiger charge is -2.22. The average molecular weight is 379 g/mol. The standard InChI is InChI=1S/C21H25N5O2/c1-17(18-9-11-19(12-10-18)26-16-22-15-23-26)24-21(27)25(2)13-6-14-28-20-7-4-3-5-8-20/h3-5,7-12,15-17H,6,13-14H2,1-2H3,(H,24,27). The number of carbonyl (C=O) groups is 1. The number of aromatic nitrogens is 3. The SMILES string of the molecule is CC(NC(=O)N(C)CCCOc1ccccc1)c1ccc(-n2cncn2)cc1. The van der Waals surface area contributed by atoms with Gasteiger partial charge < -0.3 is 15.0 Å². The number of carbonyl (C=O) groups excluding carboxylic acids is 1. The van der Waals surface area contributed by atoms with Crippen molar-refractivity contribution in [2.24, 2.45) is 0 Å². The lowest BCUT2D eigenvalue weighted by molar-refractivity contribution is 0.200. The van der Waals surface area contributed by atoms with Gasteiger partial charge in [0.25, 0.3) is 0 Å². The van der Waals surface area contributed by atoms with Crippen molar-refractivity contribution in [3.05, 3.63) is 72.8 Å². The second-order valence-electron chi connectivity index (χ2n) is 6.54. The number of nitrogens with zero attached hydrogens (tertiary/aromatic N) is 4. The first-order valence-electron chi connectivity index (χ1n) is 9.28. The van der Waals surface area contributed by atoms with E-state index in [2.05, 4.69) is 15.4 Å². The van der Waals surface area contributed by atoms with Crippen LogP contribution in [0.25, 0.3) is 5.69 Å². The highest BCUT2D eigenvalue weighted by molar-refractivity contribution is 5.74. The fourth-order valence-electron chi connectivity index (χ4n) is 2.75. The topological polar surface area (TPSA) is 72.3 Å². The molecule has 0 spiro atoms. The van der Waals surface area contributed by atoms with E-state index < -0.39 is 0 Å². The van der Waals surface area contributed by atoms with Gasteiger partial charge in [-0.2, -0.15) is 5.10 Å². The molecule has 0 radical (unpaired) electrons. The third-order valence-corrected chi connectivity index (χ3v) is 4.41. The van der Waals surface area contributed by atoms with Crippen molar-refractivity contribution in [3.8, 4) is 11.4 Å². The van der Waals surface area contributed by atoms with Gasteiger partial charge in [0.1, 0.15) is 18.4 Å². The van der Waals surface area contributed by atoms with Crippen LogP contribution in [0.1, 0.15) is 24.9 Å². The van der Waals surface area contributed by atoms with Crippen molar-refractivity contribution >= 4 is 6.03 Å². The minimum Gasteiger partial charge on any atom is -0.494 e. The smallest absolute Gasteiger partial charge is 0.317 e. The Morgan fingerprint density at radius 2 is 1.93 bits per heavy atom. The highest BCUT2D eigenvalue weighted by Crippen LogP contribution is 2.15. The van der Waals surface area contributed by atoms with Gasteiger partial charge in [0.15, 0.2) is 0 Å². The Morgan fingerprint density at radius 3 is 2.61 bits per heavy atom. The molecule has 1 N–H and O–H groups in total. The number of nitrogens with one attached hydrogen (secondary N) is 1. The molecule has 0 bridgehead atoms. The van der Waals surface area contributed by atoms with Crippen LogP contribution in [-0.2, 0) is 0 Å². The van der Waals surface area contributed by atoms with Gasteiger partial charge in [-0.25, -0.2) is 14.5 Å². The summed E-state index contributed by atoms with van der Waals surface area (Å²) in [6.45, 7) is 3.16. The van der Waals surface area contributed by atoms with Crippen LogP contribution in [-0.4, -0.2) is 45.9 Å². The molecule has 1 heterocycles. The molecule has 0 aliphatic rings. The highest BCUT2D eigenvalue weighted by atomic mass is 16.5. The van der Waals surface area contributed by atoms with Crippen LogP contribution in [0.15, 0.2) is 67.3 Å². The van der Waals surface area contributed by atoms with E-state index in [1.807, 2.05) is 61.5 Å². The second-order valence-corrected chi connectivity index (χ2v) is 6.54. The minimum absolute atomic E-state index is 0.0969. The third-order valence-electron chi connectivity index (χ3n) is 4.41. The maximum Gasteiger partial charge on any atom is 0.317 e. The zero-order chi connectivity index (χ0) is 19.8. The highest BCUT2D eigenvalue weighted by Gasteiger charge is 2.13. The van der Waals surface area contributed by atoms with Gasteiger partial charge >= 0.3 is 6.03 Å². The zero-order valence-electron chi connectivity index (χ0n) is 16.2. The molecule has 3 aromatic rings. The summed E-state index contributed by atoms with van der Waals surface area (Å²) in [6.07, 6.45) is 3.91. The van der Waals surface area contributed by atoms with Crippen molar-refractivity contribution in [2.45, 2.75) is 19.4 Å². The fraction of sp³-hybridized carbons (Fsp3) is 0.286. The number of amides is 2. The summed E-state index contributed by atoms with van der Waals surface area (Å²) in [5, 5.41) is 7.13. The Kier molecular flexibility index (Phi) is 6.62.